The van der Waals surface area contributed by atoms with E-state index in [-0.39, 0.29) is 0 Å². The number of rotatable bonds is 5. The minimum atomic E-state index is -4.39. The quantitative estimate of drug-likeness (QED) is 0.156. The summed E-state index contributed by atoms with van der Waals surface area (Å²) < 4.78 is 42.8. The van der Waals surface area contributed by atoms with Crippen LogP contribution in [-0.2, 0) is 6.18 Å². The lowest BCUT2D eigenvalue weighted by molar-refractivity contribution is -0.137. The van der Waals surface area contributed by atoms with Crippen LogP contribution < -0.4 is 0 Å². The zero-order valence-corrected chi connectivity index (χ0v) is 29.6. The van der Waals surface area contributed by atoms with Crippen LogP contribution in [0.5, 0.6) is 0 Å². The zero-order chi connectivity index (χ0) is 37.1. The second-order valence-electron chi connectivity index (χ2n) is 14.0. The number of para-hydroxylation sites is 1. The monoisotopic (exact) mass is 715 g/mol. The molecule has 10 aromatic rings. The van der Waals surface area contributed by atoms with E-state index in [1.165, 1.54) is 45.2 Å². The lowest BCUT2D eigenvalue weighted by Gasteiger charge is -2.18. The summed E-state index contributed by atoms with van der Waals surface area (Å²) in [7, 11) is 0. The Balaban J connectivity index is 1.09. The van der Waals surface area contributed by atoms with Gasteiger partial charge in [-0.2, -0.15) is 13.2 Å². The highest BCUT2D eigenvalue weighted by atomic mass is 19.4. The first-order valence-electron chi connectivity index (χ1n) is 18.3. The van der Waals surface area contributed by atoms with E-state index in [4.69, 9.17) is 0 Å². The van der Waals surface area contributed by atoms with E-state index in [9.17, 15) is 13.2 Å². The normalized spacial score (nSPS) is 11.9. The van der Waals surface area contributed by atoms with Crippen LogP contribution in [0.2, 0.25) is 0 Å². The molecule has 0 saturated carbocycles. The molecule has 0 unspecified atom stereocenters. The van der Waals surface area contributed by atoms with Crippen molar-refractivity contribution in [2.24, 2.45) is 0 Å². The van der Waals surface area contributed by atoms with Gasteiger partial charge in [-0.3, -0.25) is 0 Å². The van der Waals surface area contributed by atoms with Crippen LogP contribution in [0.3, 0.4) is 0 Å². The van der Waals surface area contributed by atoms with Gasteiger partial charge in [0.1, 0.15) is 0 Å². The molecule has 0 radical (unpaired) electrons. The summed E-state index contributed by atoms with van der Waals surface area (Å²) in [5.74, 6) is 0. The summed E-state index contributed by atoms with van der Waals surface area (Å²) in [6.45, 7) is 0. The largest absolute Gasteiger partial charge is 0.416 e. The average Bonchev–Trinajstić information content (AvgIpc) is 3.56. The predicted octanol–water partition coefficient (Wildman–Crippen LogP) is 14.8. The molecule has 0 aliphatic heterocycles. The molecule has 1 aromatic heterocycles. The van der Waals surface area contributed by atoms with Crippen molar-refractivity contribution in [2.45, 2.75) is 6.18 Å². The van der Waals surface area contributed by atoms with Gasteiger partial charge in [0.2, 0.25) is 0 Å². The Labute approximate surface area is 316 Å². The Bertz CT molecular complexity index is 2990. The molecule has 0 aliphatic carbocycles. The molecule has 0 fully saturated rings. The molecule has 10 rings (SSSR count). The topological polar surface area (TPSA) is 4.93 Å². The molecule has 55 heavy (non-hydrogen) atoms. The molecule has 0 aliphatic rings. The number of hydrogen-bond acceptors (Lipinski definition) is 0. The first-order chi connectivity index (χ1) is 26.9. The van der Waals surface area contributed by atoms with E-state index in [2.05, 4.69) is 144 Å². The molecule has 0 saturated heterocycles. The van der Waals surface area contributed by atoms with Crippen LogP contribution in [-0.4, -0.2) is 4.57 Å². The van der Waals surface area contributed by atoms with Crippen LogP contribution in [0, 0.1) is 0 Å². The first kappa shape index (κ1) is 32.7. The maximum Gasteiger partial charge on any atom is 0.416 e. The molecule has 0 spiro atoms. The van der Waals surface area contributed by atoms with Gasteiger partial charge >= 0.3 is 6.18 Å². The van der Waals surface area contributed by atoms with Gasteiger partial charge in [0.25, 0.3) is 0 Å². The maximum atomic E-state index is 13.5. The minimum Gasteiger partial charge on any atom is -0.309 e. The molecule has 1 heterocycles. The number of fused-ring (bicyclic) bond motifs is 5. The Morgan fingerprint density at radius 1 is 0.309 bits per heavy atom. The third-order valence-electron chi connectivity index (χ3n) is 10.8. The number of benzene rings is 9. The van der Waals surface area contributed by atoms with Gasteiger partial charge in [0.05, 0.1) is 16.6 Å². The fourth-order valence-electron chi connectivity index (χ4n) is 8.29. The van der Waals surface area contributed by atoms with E-state index in [0.29, 0.717) is 0 Å². The SMILES string of the molecule is FC(F)(F)c1ccc(-c2c3ccccc3c(-c3ccc(-n4c5ccccc5c5cc(-c6cccc(-c7ccccc7)c6)ccc54)cc3)c3ccccc23)cc1. The summed E-state index contributed by atoms with van der Waals surface area (Å²) >= 11 is 0. The lowest BCUT2D eigenvalue weighted by Crippen LogP contribution is -2.04. The Morgan fingerprint density at radius 2 is 0.745 bits per heavy atom. The van der Waals surface area contributed by atoms with E-state index >= 15 is 0 Å². The Hall–Kier alpha value is -6.91. The third-order valence-corrected chi connectivity index (χ3v) is 10.8. The molecule has 0 bridgehead atoms. The highest BCUT2D eigenvalue weighted by molar-refractivity contribution is 6.21. The van der Waals surface area contributed by atoms with Crippen molar-refractivity contribution < 1.29 is 13.2 Å². The van der Waals surface area contributed by atoms with Gasteiger partial charge in [-0.25, -0.2) is 0 Å². The molecule has 0 amide bonds. The van der Waals surface area contributed by atoms with E-state index in [1.807, 2.05) is 30.3 Å². The second-order valence-corrected chi connectivity index (χ2v) is 14.0. The van der Waals surface area contributed by atoms with Gasteiger partial charge in [0, 0.05) is 16.5 Å². The summed E-state index contributed by atoms with van der Waals surface area (Å²) in [4.78, 5) is 0. The van der Waals surface area contributed by atoms with Crippen molar-refractivity contribution in [1.82, 2.24) is 4.57 Å². The first-order valence-corrected chi connectivity index (χ1v) is 18.3. The van der Waals surface area contributed by atoms with Gasteiger partial charge < -0.3 is 4.57 Å². The molecule has 9 aromatic carbocycles. The van der Waals surface area contributed by atoms with E-state index in [0.717, 1.165) is 60.5 Å². The number of aromatic nitrogens is 1. The van der Waals surface area contributed by atoms with Gasteiger partial charge in [-0.1, -0.05) is 146 Å². The second kappa shape index (κ2) is 12.9. The van der Waals surface area contributed by atoms with Crippen LogP contribution in [0.1, 0.15) is 5.56 Å². The van der Waals surface area contributed by atoms with Gasteiger partial charge in [-0.05, 0) is 115 Å². The van der Waals surface area contributed by atoms with Crippen molar-refractivity contribution in [3.8, 4) is 50.2 Å². The number of halogens is 3. The Morgan fingerprint density at radius 3 is 1.33 bits per heavy atom. The predicted molar refractivity (Wildman–Crippen MR) is 223 cm³/mol. The fourth-order valence-corrected chi connectivity index (χ4v) is 8.29. The molecule has 4 heteroatoms. The third kappa shape index (κ3) is 5.57. The van der Waals surface area contributed by atoms with Crippen LogP contribution >= 0.6 is 0 Å². The van der Waals surface area contributed by atoms with Crippen molar-refractivity contribution in [2.75, 3.05) is 0 Å². The smallest absolute Gasteiger partial charge is 0.309 e. The molecular weight excluding hydrogens is 684 g/mol. The van der Waals surface area contributed by atoms with E-state index in [1.54, 1.807) is 12.1 Å². The molecule has 0 N–H and O–H groups in total. The van der Waals surface area contributed by atoms with Crippen LogP contribution in [0.25, 0.3) is 93.5 Å². The van der Waals surface area contributed by atoms with Crippen molar-refractivity contribution >= 4 is 43.4 Å². The van der Waals surface area contributed by atoms with Crippen LogP contribution in [0.4, 0.5) is 13.2 Å². The molecule has 0 atom stereocenters. The summed E-state index contributed by atoms with van der Waals surface area (Å²) in [6.07, 6.45) is -4.39. The van der Waals surface area contributed by atoms with Crippen LogP contribution in [0.15, 0.2) is 194 Å². The highest BCUT2D eigenvalue weighted by Gasteiger charge is 2.30. The lowest BCUT2D eigenvalue weighted by atomic mass is 9.86. The standard InChI is InChI=1S/C51H32F3N/c52-51(53,54)39-26-21-34(22-27-39)49-42-16-4-6-18-44(42)50(45-19-7-5-17-43(45)49)35-23-28-40(29-24-35)55-47-20-9-8-15-41(47)46-32-38(25-30-48(46)55)37-14-10-13-36(31-37)33-11-2-1-3-12-33/h1-32H. The van der Waals surface area contributed by atoms with E-state index < -0.39 is 11.7 Å². The minimum absolute atomic E-state index is 0.654. The van der Waals surface area contributed by atoms with Crippen molar-refractivity contribution in [3.05, 3.63) is 200 Å². The number of hydrogen-bond donors (Lipinski definition) is 0. The highest BCUT2D eigenvalue weighted by Crippen LogP contribution is 2.45. The zero-order valence-electron chi connectivity index (χ0n) is 29.6. The molecule has 1 nitrogen and oxygen atoms in total. The Kier molecular flexibility index (Phi) is 7.67. The summed E-state index contributed by atoms with van der Waals surface area (Å²) in [5.41, 5.74) is 11.2. The summed E-state index contributed by atoms with van der Waals surface area (Å²) in [6, 6.07) is 65.2. The van der Waals surface area contributed by atoms with Crippen molar-refractivity contribution in [1.29, 1.82) is 0 Å². The van der Waals surface area contributed by atoms with Gasteiger partial charge in [0.15, 0.2) is 0 Å². The fraction of sp³-hybridized carbons (Fsp3) is 0.0196. The number of nitrogens with zero attached hydrogens (tertiary/aromatic N) is 1. The maximum absolute atomic E-state index is 13.5. The molecular formula is C51H32F3N. The average molecular weight is 716 g/mol. The van der Waals surface area contributed by atoms with Gasteiger partial charge in [-0.15, -0.1) is 0 Å². The van der Waals surface area contributed by atoms with Crippen molar-refractivity contribution in [3.63, 3.8) is 0 Å². The summed E-state index contributed by atoms with van der Waals surface area (Å²) in [5, 5.41) is 6.46. The number of alkyl halides is 3. The molecule has 262 valence electrons.